The highest BCUT2D eigenvalue weighted by atomic mass is 16.1. The fourth-order valence-electron chi connectivity index (χ4n) is 3.12. The second-order valence-electron chi connectivity index (χ2n) is 6.84. The number of rotatable bonds is 7. The minimum absolute atomic E-state index is 0.0377. The first-order chi connectivity index (χ1) is 14.3. The molecule has 5 nitrogen and oxygen atoms in total. The van der Waals surface area contributed by atoms with Crippen molar-refractivity contribution in [2.24, 2.45) is 0 Å². The minimum Gasteiger partial charge on any atom is -0.352 e. The number of nitrogens with zero attached hydrogens (tertiary/aromatic N) is 3. The largest absolute Gasteiger partial charge is 0.352 e. The third-order valence-electron chi connectivity index (χ3n) is 4.75. The highest BCUT2D eigenvalue weighted by molar-refractivity contribution is 5.76. The van der Waals surface area contributed by atoms with Crippen LogP contribution in [0.5, 0.6) is 0 Å². The molecular formula is C24H22N4O. The Bertz CT molecular complexity index is 1060. The van der Waals surface area contributed by atoms with E-state index in [2.05, 4.69) is 27.5 Å². The van der Waals surface area contributed by atoms with Gasteiger partial charge in [0.2, 0.25) is 5.91 Å². The molecular weight excluding hydrogens is 360 g/mol. The number of nitrogens with one attached hydrogen (secondary N) is 1. The van der Waals surface area contributed by atoms with Crippen LogP contribution in [0.4, 0.5) is 0 Å². The Balaban J connectivity index is 1.26. The second-order valence-corrected chi connectivity index (χ2v) is 6.84. The summed E-state index contributed by atoms with van der Waals surface area (Å²) in [5.74, 6) is 0.0377. The molecule has 5 heteroatoms. The number of aryl methyl sites for hydroxylation is 1. The van der Waals surface area contributed by atoms with Gasteiger partial charge >= 0.3 is 0 Å². The van der Waals surface area contributed by atoms with Crippen molar-refractivity contribution in [3.05, 3.63) is 103 Å². The van der Waals surface area contributed by atoms with Gasteiger partial charge in [-0.1, -0.05) is 42.5 Å². The van der Waals surface area contributed by atoms with Gasteiger partial charge in [0, 0.05) is 31.6 Å². The van der Waals surface area contributed by atoms with E-state index in [1.54, 1.807) is 12.4 Å². The smallest absolute Gasteiger partial charge is 0.220 e. The van der Waals surface area contributed by atoms with E-state index in [0.29, 0.717) is 19.4 Å². The molecule has 0 aliphatic carbocycles. The molecule has 0 atom stereocenters. The molecule has 1 N–H and O–H groups in total. The molecule has 4 rings (SSSR count). The van der Waals surface area contributed by atoms with Gasteiger partial charge in [-0.05, 0) is 52.9 Å². The Kier molecular flexibility index (Phi) is 5.76. The van der Waals surface area contributed by atoms with Gasteiger partial charge in [0.15, 0.2) is 0 Å². The predicted octanol–water partition coefficient (Wildman–Crippen LogP) is 4.18. The third kappa shape index (κ3) is 4.96. The van der Waals surface area contributed by atoms with Crippen LogP contribution in [0.2, 0.25) is 0 Å². The van der Waals surface area contributed by atoms with E-state index in [4.69, 9.17) is 0 Å². The van der Waals surface area contributed by atoms with Crippen molar-refractivity contribution in [1.82, 2.24) is 20.1 Å². The molecule has 0 aliphatic rings. The minimum atomic E-state index is 0.0377. The van der Waals surface area contributed by atoms with Crippen molar-refractivity contribution in [2.45, 2.75) is 19.4 Å². The standard InChI is InChI=1S/C24H22N4O/c29-24(11-8-20-17-27-28(18-20)23-4-2-1-3-5-23)26-16-19-6-9-21(10-7-19)22-12-14-25-15-13-22/h1-7,9-10,12-15,17-18H,8,11,16H2,(H,26,29). The van der Waals surface area contributed by atoms with Gasteiger partial charge in [-0.15, -0.1) is 0 Å². The van der Waals surface area contributed by atoms with Crippen molar-refractivity contribution in [3.63, 3.8) is 0 Å². The zero-order valence-corrected chi connectivity index (χ0v) is 16.0. The average molecular weight is 382 g/mol. The van der Waals surface area contributed by atoms with Crippen LogP contribution >= 0.6 is 0 Å². The summed E-state index contributed by atoms with van der Waals surface area (Å²) >= 11 is 0. The van der Waals surface area contributed by atoms with Gasteiger partial charge in [0.05, 0.1) is 11.9 Å². The van der Waals surface area contributed by atoms with Crippen molar-refractivity contribution >= 4 is 5.91 Å². The number of aromatic nitrogens is 3. The second kappa shape index (κ2) is 8.97. The number of pyridine rings is 1. The molecule has 0 unspecified atom stereocenters. The number of hydrogen-bond acceptors (Lipinski definition) is 3. The van der Waals surface area contributed by atoms with Crippen molar-refractivity contribution in [1.29, 1.82) is 0 Å². The molecule has 1 amide bonds. The number of carbonyl (C=O) groups is 1. The van der Waals surface area contributed by atoms with Gasteiger partial charge in [-0.25, -0.2) is 4.68 Å². The van der Waals surface area contributed by atoms with E-state index in [1.165, 1.54) is 0 Å². The summed E-state index contributed by atoms with van der Waals surface area (Å²) in [4.78, 5) is 16.3. The Morgan fingerprint density at radius 3 is 2.34 bits per heavy atom. The van der Waals surface area contributed by atoms with Crippen LogP contribution in [0.15, 0.2) is 91.5 Å². The first-order valence-electron chi connectivity index (χ1n) is 9.63. The maximum Gasteiger partial charge on any atom is 0.220 e. The zero-order chi connectivity index (χ0) is 19.9. The van der Waals surface area contributed by atoms with E-state index in [1.807, 2.05) is 71.7 Å². The fourth-order valence-corrected chi connectivity index (χ4v) is 3.12. The SMILES string of the molecule is O=C(CCc1cnn(-c2ccccc2)c1)NCc1ccc(-c2ccncc2)cc1. The van der Waals surface area contributed by atoms with Crippen molar-refractivity contribution in [3.8, 4) is 16.8 Å². The van der Waals surface area contributed by atoms with Crippen LogP contribution in [0.1, 0.15) is 17.5 Å². The van der Waals surface area contributed by atoms with Gasteiger partial charge in [0.1, 0.15) is 0 Å². The maximum atomic E-state index is 12.2. The van der Waals surface area contributed by atoms with E-state index < -0.39 is 0 Å². The summed E-state index contributed by atoms with van der Waals surface area (Å²) in [5, 5.41) is 7.36. The molecule has 2 aromatic heterocycles. The molecule has 29 heavy (non-hydrogen) atoms. The summed E-state index contributed by atoms with van der Waals surface area (Å²) in [7, 11) is 0. The number of amides is 1. The summed E-state index contributed by atoms with van der Waals surface area (Å²) in [6, 6.07) is 22.1. The van der Waals surface area contributed by atoms with Crippen LogP contribution < -0.4 is 5.32 Å². The normalized spacial score (nSPS) is 10.6. The quantitative estimate of drug-likeness (QED) is 0.522. The zero-order valence-electron chi connectivity index (χ0n) is 16.0. The topological polar surface area (TPSA) is 59.8 Å². The lowest BCUT2D eigenvalue weighted by atomic mass is 10.1. The van der Waals surface area contributed by atoms with Crippen LogP contribution in [-0.4, -0.2) is 20.7 Å². The number of benzene rings is 2. The molecule has 4 aromatic rings. The van der Waals surface area contributed by atoms with Crippen LogP contribution in [-0.2, 0) is 17.8 Å². The number of para-hydroxylation sites is 1. The lowest BCUT2D eigenvalue weighted by molar-refractivity contribution is -0.121. The highest BCUT2D eigenvalue weighted by Gasteiger charge is 2.06. The molecule has 2 aromatic carbocycles. The molecule has 144 valence electrons. The Morgan fingerprint density at radius 2 is 1.59 bits per heavy atom. The summed E-state index contributed by atoms with van der Waals surface area (Å²) < 4.78 is 1.83. The van der Waals surface area contributed by atoms with Gasteiger partial charge in [-0.3, -0.25) is 9.78 Å². The third-order valence-corrected chi connectivity index (χ3v) is 4.75. The Labute approximate surface area is 170 Å². The summed E-state index contributed by atoms with van der Waals surface area (Å²) in [6.07, 6.45) is 8.47. The lowest BCUT2D eigenvalue weighted by Crippen LogP contribution is -2.22. The van der Waals surface area contributed by atoms with Gasteiger partial charge in [-0.2, -0.15) is 5.10 Å². The van der Waals surface area contributed by atoms with Crippen molar-refractivity contribution in [2.75, 3.05) is 0 Å². The monoisotopic (exact) mass is 382 g/mol. The van der Waals surface area contributed by atoms with Crippen LogP contribution in [0.3, 0.4) is 0 Å². The molecule has 0 saturated heterocycles. The van der Waals surface area contributed by atoms with Gasteiger partial charge < -0.3 is 5.32 Å². The summed E-state index contributed by atoms with van der Waals surface area (Å²) in [6.45, 7) is 0.527. The van der Waals surface area contributed by atoms with Crippen LogP contribution in [0, 0.1) is 0 Å². The Hall–Kier alpha value is -3.73. The maximum absolute atomic E-state index is 12.2. The number of hydrogen-bond donors (Lipinski definition) is 1. The van der Waals surface area contributed by atoms with E-state index in [0.717, 1.165) is 27.9 Å². The highest BCUT2D eigenvalue weighted by Crippen LogP contribution is 2.18. The first kappa shape index (κ1) is 18.6. The van der Waals surface area contributed by atoms with Crippen LogP contribution in [0.25, 0.3) is 16.8 Å². The first-order valence-corrected chi connectivity index (χ1v) is 9.63. The van der Waals surface area contributed by atoms with E-state index >= 15 is 0 Å². The molecule has 0 saturated carbocycles. The lowest BCUT2D eigenvalue weighted by Gasteiger charge is -2.07. The van der Waals surface area contributed by atoms with E-state index in [-0.39, 0.29) is 5.91 Å². The molecule has 2 heterocycles. The summed E-state index contributed by atoms with van der Waals surface area (Å²) in [5.41, 5.74) is 5.40. The molecule has 0 aliphatic heterocycles. The van der Waals surface area contributed by atoms with Gasteiger partial charge in [0.25, 0.3) is 0 Å². The number of carbonyl (C=O) groups excluding carboxylic acids is 1. The molecule has 0 spiro atoms. The van der Waals surface area contributed by atoms with Crippen molar-refractivity contribution < 1.29 is 4.79 Å². The predicted molar refractivity (Wildman–Crippen MR) is 113 cm³/mol. The van der Waals surface area contributed by atoms with E-state index in [9.17, 15) is 4.79 Å². The average Bonchev–Trinajstić information content (AvgIpc) is 3.27. The molecule has 0 radical (unpaired) electrons. The Morgan fingerprint density at radius 1 is 0.862 bits per heavy atom. The molecule has 0 fully saturated rings. The molecule has 0 bridgehead atoms. The fraction of sp³-hybridized carbons (Fsp3) is 0.125.